The number of ether oxygens (including phenoxy) is 1. The molecule has 0 atom stereocenters. The molecular formula is C24H27Cl2F3N2O2. The molecule has 4 nitrogen and oxygen atoms in total. The van der Waals surface area contributed by atoms with Crippen LogP contribution in [0.3, 0.4) is 0 Å². The van der Waals surface area contributed by atoms with Crippen LogP contribution in [-0.2, 0) is 10.7 Å². The predicted molar refractivity (Wildman–Crippen MR) is 128 cm³/mol. The lowest BCUT2D eigenvalue weighted by atomic mass is 10.1. The SMILES string of the molecule is CCN(CC)CCOc1ccc(NC(=O)C#Cc2ccc(C(C)(F)F)cc2Cl)cc1Cl.CF. The summed E-state index contributed by atoms with van der Waals surface area (Å²) in [5, 5.41) is 3.02. The van der Waals surface area contributed by atoms with Gasteiger partial charge >= 0.3 is 5.91 Å². The van der Waals surface area contributed by atoms with Crippen LogP contribution >= 0.6 is 23.2 Å². The zero-order valence-electron chi connectivity index (χ0n) is 18.9. The van der Waals surface area contributed by atoms with E-state index in [1.165, 1.54) is 12.1 Å². The van der Waals surface area contributed by atoms with Gasteiger partial charge in [0, 0.05) is 36.2 Å². The first-order valence-electron chi connectivity index (χ1n) is 10.2. The fourth-order valence-corrected chi connectivity index (χ4v) is 3.16. The van der Waals surface area contributed by atoms with Gasteiger partial charge < -0.3 is 15.0 Å². The fraction of sp³-hybridized carbons (Fsp3) is 0.375. The number of amides is 1. The molecule has 0 unspecified atom stereocenters. The number of carbonyl (C=O) groups is 1. The fourth-order valence-electron chi connectivity index (χ4n) is 2.70. The number of nitrogens with one attached hydrogen (secondary N) is 1. The molecule has 0 aliphatic rings. The Labute approximate surface area is 203 Å². The second-order valence-corrected chi connectivity index (χ2v) is 7.62. The number of rotatable bonds is 8. The molecule has 0 saturated carbocycles. The Morgan fingerprint density at radius 3 is 2.30 bits per heavy atom. The summed E-state index contributed by atoms with van der Waals surface area (Å²) in [6.07, 6.45) is 0. The largest absolute Gasteiger partial charge is 0.491 e. The Hall–Kier alpha value is -2.40. The van der Waals surface area contributed by atoms with Gasteiger partial charge in [-0.3, -0.25) is 9.18 Å². The second kappa shape index (κ2) is 14.0. The van der Waals surface area contributed by atoms with Gasteiger partial charge in [-0.25, -0.2) is 8.78 Å². The highest BCUT2D eigenvalue weighted by atomic mass is 35.5. The average molecular weight is 503 g/mol. The van der Waals surface area contributed by atoms with Gasteiger partial charge in [-0.2, -0.15) is 0 Å². The first kappa shape index (κ1) is 28.6. The molecule has 0 spiro atoms. The van der Waals surface area contributed by atoms with Gasteiger partial charge in [-0.1, -0.05) is 49.0 Å². The van der Waals surface area contributed by atoms with Crippen molar-refractivity contribution in [1.29, 1.82) is 0 Å². The van der Waals surface area contributed by atoms with Crippen molar-refractivity contribution in [2.24, 2.45) is 0 Å². The van der Waals surface area contributed by atoms with E-state index in [9.17, 15) is 18.0 Å². The molecule has 33 heavy (non-hydrogen) atoms. The first-order valence-corrected chi connectivity index (χ1v) is 10.9. The van der Waals surface area contributed by atoms with Gasteiger partial charge in [0.15, 0.2) is 0 Å². The molecule has 0 bridgehead atoms. The van der Waals surface area contributed by atoms with Crippen molar-refractivity contribution in [3.8, 4) is 17.6 Å². The van der Waals surface area contributed by atoms with Gasteiger partial charge in [0.25, 0.3) is 5.92 Å². The quantitative estimate of drug-likeness (QED) is 0.424. The summed E-state index contributed by atoms with van der Waals surface area (Å²) in [4.78, 5) is 14.3. The summed E-state index contributed by atoms with van der Waals surface area (Å²) < 4.78 is 41.9. The number of hydrogen-bond donors (Lipinski definition) is 1. The van der Waals surface area contributed by atoms with Crippen LogP contribution in [0.5, 0.6) is 5.75 Å². The molecule has 1 amide bonds. The van der Waals surface area contributed by atoms with Crippen molar-refractivity contribution >= 4 is 34.8 Å². The van der Waals surface area contributed by atoms with Crippen molar-refractivity contribution in [2.75, 3.05) is 38.7 Å². The number of hydrogen-bond acceptors (Lipinski definition) is 3. The van der Waals surface area contributed by atoms with Crippen LogP contribution in [-0.4, -0.2) is 44.2 Å². The highest BCUT2D eigenvalue weighted by molar-refractivity contribution is 6.32. The van der Waals surface area contributed by atoms with E-state index in [0.717, 1.165) is 32.6 Å². The Balaban J connectivity index is 0.00000265. The van der Waals surface area contributed by atoms with Crippen molar-refractivity contribution in [2.45, 2.75) is 26.7 Å². The molecule has 180 valence electrons. The Morgan fingerprint density at radius 2 is 1.76 bits per heavy atom. The molecule has 2 aromatic rings. The number of benzene rings is 2. The number of likely N-dealkylation sites (N-methyl/N-ethyl adjacent to an activating group) is 1. The standard InChI is InChI=1S/C23H24Cl2F2N2O2.CH3F/c1-4-29(5-2)12-13-31-21-10-9-18(15-20(21)25)28-22(30)11-7-16-6-8-17(14-19(16)24)23(3,26)27;1-2/h6,8-10,14-15H,4-5,12-13H2,1-3H3,(H,28,30);1H3. The van der Waals surface area contributed by atoms with E-state index < -0.39 is 11.8 Å². The molecule has 0 fully saturated rings. The van der Waals surface area contributed by atoms with Crippen LogP contribution in [0.4, 0.5) is 18.9 Å². The third-order valence-electron chi connectivity index (χ3n) is 4.54. The summed E-state index contributed by atoms with van der Waals surface area (Å²) in [5.41, 5.74) is 0.508. The Bertz CT molecular complexity index is 982. The summed E-state index contributed by atoms with van der Waals surface area (Å²) >= 11 is 12.2. The van der Waals surface area contributed by atoms with Crippen molar-refractivity contribution in [1.82, 2.24) is 4.90 Å². The Morgan fingerprint density at radius 1 is 1.09 bits per heavy atom. The van der Waals surface area contributed by atoms with E-state index in [4.69, 9.17) is 27.9 Å². The molecule has 0 heterocycles. The Kier molecular flexibility index (Phi) is 12.1. The monoisotopic (exact) mass is 502 g/mol. The number of anilines is 1. The molecule has 0 aromatic heterocycles. The van der Waals surface area contributed by atoms with E-state index in [1.807, 2.05) is 0 Å². The van der Waals surface area contributed by atoms with E-state index in [2.05, 4.69) is 35.9 Å². The zero-order valence-corrected chi connectivity index (χ0v) is 20.5. The van der Waals surface area contributed by atoms with Crippen LogP contribution < -0.4 is 10.1 Å². The van der Waals surface area contributed by atoms with Gasteiger partial charge in [0.2, 0.25) is 0 Å². The lowest BCUT2D eigenvalue weighted by Crippen LogP contribution is -2.27. The molecule has 2 aromatic carbocycles. The van der Waals surface area contributed by atoms with Crippen LogP contribution in [0.25, 0.3) is 0 Å². The minimum absolute atomic E-state index is 0.0496. The molecule has 2 rings (SSSR count). The summed E-state index contributed by atoms with van der Waals surface area (Å²) in [7, 11) is 0.500. The third kappa shape index (κ3) is 9.55. The van der Waals surface area contributed by atoms with Crippen LogP contribution in [0.1, 0.15) is 31.9 Å². The molecule has 0 aliphatic carbocycles. The topological polar surface area (TPSA) is 41.6 Å². The van der Waals surface area contributed by atoms with Gasteiger partial charge in [-0.15, -0.1) is 0 Å². The number of nitrogens with zero attached hydrogens (tertiary/aromatic N) is 1. The maximum atomic E-state index is 13.3. The van der Waals surface area contributed by atoms with E-state index in [1.54, 1.807) is 18.2 Å². The second-order valence-electron chi connectivity index (χ2n) is 6.81. The normalized spacial score (nSPS) is 10.6. The third-order valence-corrected chi connectivity index (χ3v) is 5.14. The number of alkyl halides is 3. The van der Waals surface area contributed by atoms with Crippen LogP contribution in [0.15, 0.2) is 36.4 Å². The first-order chi connectivity index (χ1) is 15.6. The van der Waals surface area contributed by atoms with Gasteiger partial charge in [0.05, 0.1) is 17.2 Å². The maximum Gasteiger partial charge on any atom is 0.300 e. The van der Waals surface area contributed by atoms with E-state index in [-0.39, 0.29) is 16.1 Å². The highest BCUT2D eigenvalue weighted by Crippen LogP contribution is 2.30. The smallest absolute Gasteiger partial charge is 0.300 e. The molecular weight excluding hydrogens is 476 g/mol. The molecule has 1 N–H and O–H groups in total. The van der Waals surface area contributed by atoms with Crippen molar-refractivity contribution in [3.05, 3.63) is 57.6 Å². The summed E-state index contributed by atoms with van der Waals surface area (Å²) in [6, 6.07) is 8.63. The molecule has 0 radical (unpaired) electrons. The highest BCUT2D eigenvalue weighted by Gasteiger charge is 2.24. The van der Waals surface area contributed by atoms with E-state index in [0.29, 0.717) is 30.2 Å². The van der Waals surface area contributed by atoms with Crippen molar-refractivity contribution < 1.29 is 22.7 Å². The minimum Gasteiger partial charge on any atom is -0.491 e. The summed E-state index contributed by atoms with van der Waals surface area (Å²) in [6.45, 7) is 8.13. The minimum atomic E-state index is -3.01. The van der Waals surface area contributed by atoms with E-state index >= 15 is 0 Å². The predicted octanol–water partition coefficient (Wildman–Crippen LogP) is 6.40. The van der Waals surface area contributed by atoms with Crippen LogP contribution in [0.2, 0.25) is 10.0 Å². The van der Waals surface area contributed by atoms with Crippen molar-refractivity contribution in [3.63, 3.8) is 0 Å². The summed E-state index contributed by atoms with van der Waals surface area (Å²) in [5.74, 6) is 1.90. The zero-order chi connectivity index (χ0) is 25.0. The molecule has 9 heteroatoms. The molecule has 0 aliphatic heterocycles. The van der Waals surface area contributed by atoms with Crippen LogP contribution in [0, 0.1) is 11.8 Å². The lowest BCUT2D eigenvalue weighted by molar-refractivity contribution is -0.111. The lowest BCUT2D eigenvalue weighted by Gasteiger charge is -2.18. The van der Waals surface area contributed by atoms with Gasteiger partial charge in [0.1, 0.15) is 12.4 Å². The maximum absolute atomic E-state index is 13.3. The van der Waals surface area contributed by atoms with Gasteiger partial charge in [-0.05, 0) is 43.4 Å². The average Bonchev–Trinajstić information content (AvgIpc) is 2.78. The number of carbonyl (C=O) groups excluding carboxylic acids is 1. The number of halogens is 5. The molecule has 0 saturated heterocycles.